The zero-order valence-corrected chi connectivity index (χ0v) is 10.8. The zero-order chi connectivity index (χ0) is 12.4. The van der Waals surface area contributed by atoms with E-state index in [2.05, 4.69) is 35.2 Å². The topological polar surface area (TPSA) is 20.3 Å². The molecule has 1 aliphatic heterocycles. The first-order chi connectivity index (χ1) is 8.84. The smallest absolute Gasteiger partial charge is 0.138 e. The summed E-state index contributed by atoms with van der Waals surface area (Å²) in [4.78, 5) is 14.5. The van der Waals surface area contributed by atoms with Gasteiger partial charge < -0.3 is 0 Å². The third-order valence-corrected chi connectivity index (χ3v) is 4.49. The van der Waals surface area contributed by atoms with Crippen molar-refractivity contribution in [1.29, 1.82) is 0 Å². The van der Waals surface area contributed by atoms with Crippen LogP contribution in [0.4, 0.5) is 0 Å². The summed E-state index contributed by atoms with van der Waals surface area (Å²) in [5.74, 6) is 0.847. The van der Waals surface area contributed by atoms with E-state index in [1.807, 2.05) is 0 Å². The number of ketones is 1. The minimum absolute atomic E-state index is 0.330. The highest BCUT2D eigenvalue weighted by Crippen LogP contribution is 2.34. The van der Waals surface area contributed by atoms with Gasteiger partial charge in [-0.15, -0.1) is 0 Å². The molecule has 0 spiro atoms. The standard InChI is InChI=1S/C16H21NO/c18-16-10-11-17(12-13-6-2-1-3-7-13)15-9-5-4-8-14(15)16/h1-3,6-7,14-15H,4-5,8-12H2. The van der Waals surface area contributed by atoms with Gasteiger partial charge in [0.15, 0.2) is 0 Å². The molecule has 1 heterocycles. The van der Waals surface area contributed by atoms with Gasteiger partial charge in [-0.2, -0.15) is 0 Å². The summed E-state index contributed by atoms with van der Waals surface area (Å²) in [6, 6.07) is 11.2. The van der Waals surface area contributed by atoms with Crippen LogP contribution in [0.1, 0.15) is 37.7 Å². The van der Waals surface area contributed by atoms with E-state index in [1.165, 1.54) is 24.8 Å². The fourth-order valence-electron chi connectivity index (χ4n) is 3.54. The molecule has 1 saturated carbocycles. The van der Waals surface area contributed by atoms with E-state index in [0.29, 0.717) is 17.7 Å². The van der Waals surface area contributed by atoms with Crippen molar-refractivity contribution in [2.24, 2.45) is 5.92 Å². The van der Waals surface area contributed by atoms with E-state index in [0.717, 1.165) is 25.9 Å². The third kappa shape index (κ3) is 2.35. The Morgan fingerprint density at radius 2 is 1.89 bits per heavy atom. The molecular weight excluding hydrogens is 222 g/mol. The molecule has 18 heavy (non-hydrogen) atoms. The largest absolute Gasteiger partial charge is 0.299 e. The predicted molar refractivity (Wildman–Crippen MR) is 72.2 cm³/mol. The molecule has 2 atom stereocenters. The maximum atomic E-state index is 12.0. The molecular formula is C16H21NO. The lowest BCUT2D eigenvalue weighted by Gasteiger charge is -2.43. The van der Waals surface area contributed by atoms with Crippen molar-refractivity contribution in [3.8, 4) is 0 Å². The van der Waals surface area contributed by atoms with Gasteiger partial charge >= 0.3 is 0 Å². The van der Waals surface area contributed by atoms with Gasteiger partial charge in [0.25, 0.3) is 0 Å². The molecule has 0 aromatic heterocycles. The van der Waals surface area contributed by atoms with Crippen LogP contribution in [0.15, 0.2) is 30.3 Å². The van der Waals surface area contributed by atoms with Crippen molar-refractivity contribution in [2.75, 3.05) is 6.54 Å². The third-order valence-electron chi connectivity index (χ3n) is 4.49. The number of carbonyl (C=O) groups excluding carboxylic acids is 1. The first-order valence-corrected chi connectivity index (χ1v) is 7.15. The number of Topliss-reactive ketones (excluding diaryl/α,β-unsaturated/α-hetero) is 1. The Hall–Kier alpha value is -1.15. The minimum atomic E-state index is 0.330. The molecule has 2 heteroatoms. The first kappa shape index (κ1) is 11.9. The van der Waals surface area contributed by atoms with Crippen LogP contribution in [0.25, 0.3) is 0 Å². The Bertz CT molecular complexity index is 414. The molecule has 2 fully saturated rings. The van der Waals surface area contributed by atoms with E-state index in [-0.39, 0.29) is 0 Å². The van der Waals surface area contributed by atoms with Crippen molar-refractivity contribution in [3.63, 3.8) is 0 Å². The Kier molecular flexibility index (Phi) is 3.46. The quantitative estimate of drug-likeness (QED) is 0.796. The monoisotopic (exact) mass is 243 g/mol. The number of carbonyl (C=O) groups is 1. The second-order valence-corrected chi connectivity index (χ2v) is 5.63. The average molecular weight is 243 g/mol. The van der Waals surface area contributed by atoms with Crippen molar-refractivity contribution in [1.82, 2.24) is 4.90 Å². The van der Waals surface area contributed by atoms with Crippen molar-refractivity contribution < 1.29 is 4.79 Å². The van der Waals surface area contributed by atoms with E-state index in [4.69, 9.17) is 0 Å². The normalized spacial score (nSPS) is 29.0. The van der Waals surface area contributed by atoms with Gasteiger partial charge in [0, 0.05) is 31.5 Å². The number of nitrogens with zero attached hydrogens (tertiary/aromatic N) is 1. The fourth-order valence-corrected chi connectivity index (χ4v) is 3.54. The van der Waals surface area contributed by atoms with E-state index in [1.54, 1.807) is 0 Å². The second kappa shape index (κ2) is 5.23. The number of piperidine rings is 1. The Balaban J connectivity index is 1.73. The molecule has 1 aliphatic carbocycles. The highest BCUT2D eigenvalue weighted by molar-refractivity contribution is 5.82. The second-order valence-electron chi connectivity index (χ2n) is 5.63. The molecule has 0 bridgehead atoms. The molecule has 2 unspecified atom stereocenters. The molecule has 2 nitrogen and oxygen atoms in total. The van der Waals surface area contributed by atoms with Crippen LogP contribution >= 0.6 is 0 Å². The van der Waals surface area contributed by atoms with Crippen LogP contribution < -0.4 is 0 Å². The Morgan fingerprint density at radius 1 is 1.11 bits per heavy atom. The predicted octanol–water partition coefficient (Wildman–Crippen LogP) is 3.02. The number of hydrogen-bond donors (Lipinski definition) is 0. The summed E-state index contributed by atoms with van der Waals surface area (Å²) in [5.41, 5.74) is 1.37. The van der Waals surface area contributed by atoms with Gasteiger partial charge in [0.1, 0.15) is 5.78 Å². The number of hydrogen-bond acceptors (Lipinski definition) is 2. The van der Waals surface area contributed by atoms with Crippen LogP contribution in [0.2, 0.25) is 0 Å². The number of rotatable bonds is 2. The van der Waals surface area contributed by atoms with E-state index < -0.39 is 0 Å². The molecule has 2 aliphatic rings. The highest BCUT2D eigenvalue weighted by Gasteiger charge is 2.38. The van der Waals surface area contributed by atoms with Crippen molar-refractivity contribution in [2.45, 2.75) is 44.7 Å². The summed E-state index contributed by atoms with van der Waals surface area (Å²) in [6.45, 7) is 1.96. The number of benzene rings is 1. The van der Waals surface area contributed by atoms with E-state index >= 15 is 0 Å². The molecule has 1 aromatic rings. The summed E-state index contributed by atoms with van der Waals surface area (Å²) < 4.78 is 0. The van der Waals surface area contributed by atoms with Crippen LogP contribution in [-0.4, -0.2) is 23.3 Å². The lowest BCUT2D eigenvalue weighted by atomic mass is 9.77. The Labute approximate surface area is 109 Å². The Morgan fingerprint density at radius 3 is 2.72 bits per heavy atom. The maximum Gasteiger partial charge on any atom is 0.138 e. The summed E-state index contributed by atoms with van der Waals surface area (Å²) in [6.07, 6.45) is 5.62. The minimum Gasteiger partial charge on any atom is -0.299 e. The maximum absolute atomic E-state index is 12.0. The summed E-state index contributed by atoms with van der Waals surface area (Å²) >= 11 is 0. The highest BCUT2D eigenvalue weighted by atomic mass is 16.1. The molecule has 0 N–H and O–H groups in total. The molecule has 96 valence electrons. The van der Waals surface area contributed by atoms with Gasteiger partial charge in [-0.3, -0.25) is 9.69 Å². The molecule has 1 saturated heterocycles. The molecule has 1 aromatic carbocycles. The van der Waals surface area contributed by atoms with Crippen LogP contribution in [-0.2, 0) is 11.3 Å². The van der Waals surface area contributed by atoms with Gasteiger partial charge in [0.05, 0.1) is 0 Å². The number of likely N-dealkylation sites (tertiary alicyclic amines) is 1. The van der Waals surface area contributed by atoms with Crippen LogP contribution in [0, 0.1) is 5.92 Å². The fraction of sp³-hybridized carbons (Fsp3) is 0.562. The zero-order valence-electron chi connectivity index (χ0n) is 10.8. The van der Waals surface area contributed by atoms with Crippen molar-refractivity contribution in [3.05, 3.63) is 35.9 Å². The SMILES string of the molecule is O=C1CCN(Cc2ccccc2)C2CCCCC12. The molecule has 0 amide bonds. The van der Waals surface area contributed by atoms with Gasteiger partial charge in [-0.05, 0) is 18.4 Å². The average Bonchev–Trinajstić information content (AvgIpc) is 2.44. The first-order valence-electron chi connectivity index (χ1n) is 7.15. The van der Waals surface area contributed by atoms with Gasteiger partial charge in [0.2, 0.25) is 0 Å². The van der Waals surface area contributed by atoms with Crippen LogP contribution in [0.3, 0.4) is 0 Å². The van der Waals surface area contributed by atoms with Crippen molar-refractivity contribution >= 4 is 5.78 Å². The van der Waals surface area contributed by atoms with E-state index in [9.17, 15) is 4.79 Å². The molecule has 3 rings (SSSR count). The summed E-state index contributed by atoms with van der Waals surface area (Å²) in [7, 11) is 0. The lowest BCUT2D eigenvalue weighted by molar-refractivity contribution is -0.131. The number of fused-ring (bicyclic) bond motifs is 1. The summed E-state index contributed by atoms with van der Waals surface area (Å²) in [5, 5.41) is 0. The lowest BCUT2D eigenvalue weighted by Crippen LogP contribution is -2.50. The van der Waals surface area contributed by atoms with Gasteiger partial charge in [-0.1, -0.05) is 43.2 Å². The molecule has 0 radical (unpaired) electrons. The van der Waals surface area contributed by atoms with Gasteiger partial charge in [-0.25, -0.2) is 0 Å². The van der Waals surface area contributed by atoms with Crippen LogP contribution in [0.5, 0.6) is 0 Å².